The number of carbonyl (C=O) groups excluding carboxylic acids is 1. The monoisotopic (exact) mass is 350 g/mol. The van der Waals surface area contributed by atoms with Gasteiger partial charge >= 0.3 is 0 Å². The summed E-state index contributed by atoms with van der Waals surface area (Å²) in [6.45, 7) is 3.42. The van der Waals surface area contributed by atoms with Crippen molar-refractivity contribution in [2.45, 2.75) is 26.2 Å². The number of rotatable bonds is 3. The van der Waals surface area contributed by atoms with Crippen LogP contribution in [-0.4, -0.2) is 33.9 Å². The summed E-state index contributed by atoms with van der Waals surface area (Å²) in [4.78, 5) is 23.3. The van der Waals surface area contributed by atoms with Gasteiger partial charge in [-0.2, -0.15) is 0 Å². The number of piperidine rings is 1. The van der Waals surface area contributed by atoms with Crippen LogP contribution in [0.15, 0.2) is 41.1 Å². The van der Waals surface area contributed by atoms with Crippen molar-refractivity contribution < 1.29 is 9.21 Å². The Balaban J connectivity index is 1.49. The molecule has 3 aromatic rings. The molecule has 6 nitrogen and oxygen atoms in total. The second-order valence-corrected chi connectivity index (χ2v) is 6.96. The molecule has 0 bridgehead atoms. The van der Waals surface area contributed by atoms with Gasteiger partial charge in [-0.3, -0.25) is 9.78 Å². The maximum atomic E-state index is 13.0. The Labute approximate surface area is 152 Å². The molecule has 6 heteroatoms. The molecule has 1 amide bonds. The fourth-order valence-corrected chi connectivity index (χ4v) is 3.72. The molecule has 0 aliphatic carbocycles. The van der Waals surface area contributed by atoms with Crippen LogP contribution in [0.25, 0.3) is 11.0 Å². The molecule has 0 saturated carbocycles. The number of hydrogen-bond acceptors (Lipinski definition) is 5. The standard InChI is InChI=1S/C20H22N4O2/c1-13-9-16-11-15(4-5-18(16)26-13)20(25)24-8-2-3-14(12-24)10-17-19(21)23-7-6-22-17/h4-7,9,11,14H,2-3,8,10,12H2,1H3,(H2,21,23)/t14-/m0/s1. The zero-order valence-corrected chi connectivity index (χ0v) is 14.8. The van der Waals surface area contributed by atoms with Crippen LogP contribution < -0.4 is 5.73 Å². The third-order valence-electron chi connectivity index (χ3n) is 4.98. The van der Waals surface area contributed by atoms with Gasteiger partial charge in [-0.25, -0.2) is 4.98 Å². The van der Waals surface area contributed by atoms with Crippen LogP contribution in [0.5, 0.6) is 0 Å². The lowest BCUT2D eigenvalue weighted by Crippen LogP contribution is -2.40. The summed E-state index contributed by atoms with van der Waals surface area (Å²) in [5.41, 5.74) is 8.26. The first-order valence-electron chi connectivity index (χ1n) is 8.95. The number of likely N-dealkylation sites (tertiary alicyclic amines) is 1. The number of nitrogen functional groups attached to an aromatic ring is 1. The van der Waals surface area contributed by atoms with Crippen molar-refractivity contribution in [3.8, 4) is 0 Å². The lowest BCUT2D eigenvalue weighted by molar-refractivity contribution is 0.0673. The highest BCUT2D eigenvalue weighted by Gasteiger charge is 2.25. The molecular weight excluding hydrogens is 328 g/mol. The van der Waals surface area contributed by atoms with E-state index in [1.807, 2.05) is 36.1 Å². The minimum absolute atomic E-state index is 0.0718. The lowest BCUT2D eigenvalue weighted by atomic mass is 9.92. The number of hydrogen-bond donors (Lipinski definition) is 1. The van der Waals surface area contributed by atoms with Gasteiger partial charge in [0.1, 0.15) is 17.2 Å². The third-order valence-corrected chi connectivity index (χ3v) is 4.98. The summed E-state index contributed by atoms with van der Waals surface area (Å²) < 4.78 is 5.59. The van der Waals surface area contributed by atoms with E-state index in [0.29, 0.717) is 17.3 Å². The van der Waals surface area contributed by atoms with Gasteiger partial charge in [0.25, 0.3) is 5.91 Å². The molecule has 2 aromatic heterocycles. The number of benzene rings is 1. The maximum Gasteiger partial charge on any atom is 0.253 e. The second-order valence-electron chi connectivity index (χ2n) is 6.96. The Morgan fingerprint density at radius 3 is 3.00 bits per heavy atom. The Kier molecular flexibility index (Phi) is 4.32. The van der Waals surface area contributed by atoms with Crippen LogP contribution in [0, 0.1) is 12.8 Å². The molecule has 134 valence electrons. The predicted octanol–water partition coefficient (Wildman–Crippen LogP) is 3.21. The van der Waals surface area contributed by atoms with Crippen molar-refractivity contribution >= 4 is 22.7 Å². The average molecular weight is 350 g/mol. The van der Waals surface area contributed by atoms with E-state index >= 15 is 0 Å². The highest BCUT2D eigenvalue weighted by Crippen LogP contribution is 2.25. The average Bonchev–Trinajstić information content (AvgIpc) is 3.02. The summed E-state index contributed by atoms with van der Waals surface area (Å²) in [5, 5.41) is 0.967. The third kappa shape index (κ3) is 3.27. The molecule has 1 fully saturated rings. The van der Waals surface area contributed by atoms with Crippen LogP contribution in [-0.2, 0) is 6.42 Å². The van der Waals surface area contributed by atoms with Gasteiger partial charge in [-0.15, -0.1) is 0 Å². The molecular formula is C20H22N4O2. The molecule has 1 aromatic carbocycles. The number of carbonyl (C=O) groups is 1. The van der Waals surface area contributed by atoms with E-state index in [1.165, 1.54) is 0 Å². The van der Waals surface area contributed by atoms with E-state index in [1.54, 1.807) is 12.4 Å². The molecule has 1 saturated heterocycles. The molecule has 1 aliphatic heterocycles. The molecule has 1 aliphatic rings. The van der Waals surface area contributed by atoms with Crippen molar-refractivity contribution in [1.82, 2.24) is 14.9 Å². The Hall–Kier alpha value is -2.89. The van der Waals surface area contributed by atoms with Crippen LogP contribution in [0.4, 0.5) is 5.82 Å². The molecule has 3 heterocycles. The largest absolute Gasteiger partial charge is 0.461 e. The normalized spacial score (nSPS) is 17.6. The van der Waals surface area contributed by atoms with Gasteiger partial charge in [0, 0.05) is 36.4 Å². The number of aromatic nitrogens is 2. The quantitative estimate of drug-likeness (QED) is 0.784. The number of aryl methyl sites for hydroxylation is 1. The van der Waals surface area contributed by atoms with Gasteiger partial charge in [-0.05, 0) is 56.4 Å². The lowest BCUT2D eigenvalue weighted by Gasteiger charge is -2.33. The van der Waals surface area contributed by atoms with Gasteiger partial charge in [0.05, 0.1) is 5.69 Å². The van der Waals surface area contributed by atoms with Crippen LogP contribution in [0.3, 0.4) is 0 Å². The van der Waals surface area contributed by atoms with Crippen molar-refractivity contribution in [2.75, 3.05) is 18.8 Å². The molecule has 4 rings (SSSR count). The molecule has 0 spiro atoms. The zero-order valence-electron chi connectivity index (χ0n) is 14.8. The van der Waals surface area contributed by atoms with E-state index in [-0.39, 0.29) is 5.91 Å². The Morgan fingerprint density at radius 2 is 2.15 bits per heavy atom. The van der Waals surface area contributed by atoms with Crippen LogP contribution >= 0.6 is 0 Å². The number of amides is 1. The summed E-state index contributed by atoms with van der Waals surface area (Å²) in [6.07, 6.45) is 6.08. The number of nitrogens with zero attached hydrogens (tertiary/aromatic N) is 3. The summed E-state index contributed by atoms with van der Waals surface area (Å²) in [7, 11) is 0. The molecule has 2 N–H and O–H groups in total. The minimum atomic E-state index is 0.0718. The van der Waals surface area contributed by atoms with E-state index in [0.717, 1.165) is 54.8 Å². The van der Waals surface area contributed by atoms with Crippen molar-refractivity contribution in [1.29, 1.82) is 0 Å². The number of fused-ring (bicyclic) bond motifs is 1. The minimum Gasteiger partial charge on any atom is -0.461 e. The highest BCUT2D eigenvalue weighted by molar-refractivity contribution is 5.97. The first kappa shape index (κ1) is 16.6. The van der Waals surface area contributed by atoms with Gasteiger partial charge < -0.3 is 15.1 Å². The van der Waals surface area contributed by atoms with Crippen molar-refractivity contribution in [3.05, 3.63) is 53.7 Å². The molecule has 0 radical (unpaired) electrons. The number of furan rings is 1. The van der Waals surface area contributed by atoms with Gasteiger partial charge in [-0.1, -0.05) is 0 Å². The summed E-state index contributed by atoms with van der Waals surface area (Å²) >= 11 is 0. The SMILES string of the molecule is Cc1cc2cc(C(=O)N3CCC[C@@H](Cc4nccnc4N)C3)ccc2o1. The highest BCUT2D eigenvalue weighted by atomic mass is 16.3. The smallest absolute Gasteiger partial charge is 0.253 e. The van der Waals surface area contributed by atoms with Crippen molar-refractivity contribution in [2.24, 2.45) is 5.92 Å². The molecule has 0 unspecified atom stereocenters. The van der Waals surface area contributed by atoms with E-state index < -0.39 is 0 Å². The first-order valence-corrected chi connectivity index (χ1v) is 8.95. The maximum absolute atomic E-state index is 13.0. The van der Waals surface area contributed by atoms with Crippen LogP contribution in [0.1, 0.15) is 34.7 Å². The fourth-order valence-electron chi connectivity index (χ4n) is 3.72. The van der Waals surface area contributed by atoms with Crippen LogP contribution in [0.2, 0.25) is 0 Å². The Morgan fingerprint density at radius 1 is 1.31 bits per heavy atom. The molecule has 1 atom stereocenters. The van der Waals surface area contributed by atoms with Gasteiger partial charge in [0.2, 0.25) is 0 Å². The summed E-state index contributed by atoms with van der Waals surface area (Å²) in [6, 6.07) is 7.59. The fraction of sp³-hybridized carbons (Fsp3) is 0.350. The summed E-state index contributed by atoms with van der Waals surface area (Å²) in [5.74, 6) is 1.76. The first-order chi connectivity index (χ1) is 12.6. The number of nitrogens with two attached hydrogens (primary N) is 1. The van der Waals surface area contributed by atoms with Gasteiger partial charge in [0.15, 0.2) is 0 Å². The zero-order chi connectivity index (χ0) is 18.1. The van der Waals surface area contributed by atoms with E-state index in [9.17, 15) is 4.79 Å². The molecule has 26 heavy (non-hydrogen) atoms. The number of anilines is 1. The van der Waals surface area contributed by atoms with Crippen molar-refractivity contribution in [3.63, 3.8) is 0 Å². The van der Waals surface area contributed by atoms with E-state index in [2.05, 4.69) is 9.97 Å². The topological polar surface area (TPSA) is 85.2 Å². The Bertz CT molecular complexity index is 950. The second kappa shape index (κ2) is 6.78. The van der Waals surface area contributed by atoms with E-state index in [4.69, 9.17) is 10.2 Å². The predicted molar refractivity (Wildman–Crippen MR) is 99.7 cm³/mol.